The van der Waals surface area contributed by atoms with Crippen LogP contribution in [0.3, 0.4) is 0 Å². The van der Waals surface area contributed by atoms with E-state index in [-0.39, 0.29) is 10.8 Å². The molecule has 1 aromatic carbocycles. The predicted molar refractivity (Wildman–Crippen MR) is 107 cm³/mol. The van der Waals surface area contributed by atoms with Gasteiger partial charge in [-0.15, -0.1) is 11.8 Å². The Balaban J connectivity index is 1.80. The first-order valence-corrected chi connectivity index (χ1v) is 11.2. The summed E-state index contributed by atoms with van der Waals surface area (Å²) in [4.78, 5) is 17.2. The molecule has 0 saturated heterocycles. The van der Waals surface area contributed by atoms with Crippen LogP contribution in [0, 0.1) is 13.8 Å². The van der Waals surface area contributed by atoms with Gasteiger partial charge in [0.15, 0.2) is 9.84 Å². The summed E-state index contributed by atoms with van der Waals surface area (Å²) in [7, 11) is -3.36. The van der Waals surface area contributed by atoms with Gasteiger partial charge in [0, 0.05) is 29.5 Å². The van der Waals surface area contributed by atoms with Crippen LogP contribution in [0.25, 0.3) is 0 Å². The fourth-order valence-electron chi connectivity index (χ4n) is 2.53. The smallest absolute Gasteiger partial charge is 0.258 e. The van der Waals surface area contributed by atoms with Gasteiger partial charge in [0.1, 0.15) is 10.8 Å². The van der Waals surface area contributed by atoms with Gasteiger partial charge in [0.2, 0.25) is 0 Å². The molecule has 3 aromatic rings. The fourth-order valence-corrected chi connectivity index (χ4v) is 4.34. The van der Waals surface area contributed by atoms with E-state index in [1.54, 1.807) is 30.5 Å². The van der Waals surface area contributed by atoms with Gasteiger partial charge in [-0.3, -0.25) is 4.79 Å². The zero-order chi connectivity index (χ0) is 20.3. The van der Waals surface area contributed by atoms with Crippen molar-refractivity contribution in [3.8, 4) is 0 Å². The number of thioether (sulfide) groups is 1. The van der Waals surface area contributed by atoms with Crippen LogP contribution in [0.15, 0.2) is 57.0 Å². The Labute approximate surface area is 167 Å². The average Bonchev–Trinajstić information content (AvgIpc) is 2.97. The van der Waals surface area contributed by atoms with E-state index < -0.39 is 9.84 Å². The van der Waals surface area contributed by atoms with E-state index in [0.29, 0.717) is 22.0 Å². The van der Waals surface area contributed by atoms with E-state index in [9.17, 15) is 13.2 Å². The second-order valence-electron chi connectivity index (χ2n) is 6.20. The molecule has 0 spiro atoms. The lowest BCUT2D eigenvalue weighted by molar-refractivity contribution is 0.102. The number of anilines is 1. The molecule has 0 aliphatic heterocycles. The molecule has 2 aromatic heterocycles. The molecule has 146 valence electrons. The summed E-state index contributed by atoms with van der Waals surface area (Å²) >= 11 is 1.41. The van der Waals surface area contributed by atoms with Gasteiger partial charge in [0.25, 0.3) is 5.91 Å². The molecule has 7 nitrogen and oxygen atoms in total. The van der Waals surface area contributed by atoms with Gasteiger partial charge >= 0.3 is 0 Å². The molecule has 3 rings (SSSR count). The number of nitrogens with zero attached hydrogens (tertiary/aromatic N) is 2. The molecule has 0 bridgehead atoms. The standard InChI is InChI=1S/C19H19N3O4S2/c1-12-17(13(2)26-22-12)11-27-19-16(8-5-9-20-19)18(23)21-14-6-4-7-15(10-14)28(3,24)25/h4-10H,11H2,1-3H3,(H,21,23). The molecule has 2 heterocycles. The van der Waals surface area contributed by atoms with Crippen molar-refractivity contribution < 1.29 is 17.7 Å². The van der Waals surface area contributed by atoms with E-state index >= 15 is 0 Å². The molecule has 1 amide bonds. The van der Waals surface area contributed by atoms with E-state index in [1.807, 2.05) is 13.8 Å². The van der Waals surface area contributed by atoms with Crippen molar-refractivity contribution in [3.63, 3.8) is 0 Å². The molecule has 1 N–H and O–H groups in total. The minimum absolute atomic E-state index is 0.143. The van der Waals surface area contributed by atoms with Crippen molar-refractivity contribution in [1.29, 1.82) is 0 Å². The molecule has 0 atom stereocenters. The highest BCUT2D eigenvalue weighted by atomic mass is 32.2. The molecule has 28 heavy (non-hydrogen) atoms. The van der Waals surface area contributed by atoms with Crippen molar-refractivity contribution in [2.24, 2.45) is 0 Å². The number of aryl methyl sites for hydroxylation is 2. The highest BCUT2D eigenvalue weighted by Gasteiger charge is 2.16. The van der Waals surface area contributed by atoms with Gasteiger partial charge in [-0.25, -0.2) is 13.4 Å². The zero-order valence-corrected chi connectivity index (χ0v) is 17.2. The fraction of sp³-hybridized carbons (Fsp3) is 0.211. The van der Waals surface area contributed by atoms with Gasteiger partial charge in [-0.05, 0) is 44.2 Å². The monoisotopic (exact) mass is 417 g/mol. The summed E-state index contributed by atoms with van der Waals surface area (Å²) < 4.78 is 28.6. The number of carbonyl (C=O) groups is 1. The summed E-state index contributed by atoms with van der Waals surface area (Å²) in [5.41, 5.74) is 2.59. The molecule has 0 fully saturated rings. The third-order valence-electron chi connectivity index (χ3n) is 4.07. The quantitative estimate of drug-likeness (QED) is 0.611. The topological polar surface area (TPSA) is 102 Å². The van der Waals surface area contributed by atoms with E-state index in [4.69, 9.17) is 4.52 Å². The van der Waals surface area contributed by atoms with Crippen LogP contribution in [0.4, 0.5) is 5.69 Å². The summed E-state index contributed by atoms with van der Waals surface area (Å²) in [5.74, 6) is 0.951. The Kier molecular flexibility index (Phi) is 5.85. The minimum Gasteiger partial charge on any atom is -0.361 e. The Morgan fingerprint density at radius 1 is 1.21 bits per heavy atom. The first kappa shape index (κ1) is 20.1. The normalized spacial score (nSPS) is 11.4. The van der Waals surface area contributed by atoms with Crippen LogP contribution in [0.2, 0.25) is 0 Å². The summed E-state index contributed by atoms with van der Waals surface area (Å²) in [6, 6.07) is 9.50. The number of pyridine rings is 1. The molecule has 0 saturated carbocycles. The molecule has 9 heteroatoms. The van der Waals surface area contributed by atoms with E-state index in [2.05, 4.69) is 15.5 Å². The van der Waals surface area contributed by atoms with Crippen LogP contribution in [0.5, 0.6) is 0 Å². The number of benzene rings is 1. The molecular weight excluding hydrogens is 398 g/mol. The second kappa shape index (κ2) is 8.15. The maximum atomic E-state index is 12.7. The van der Waals surface area contributed by atoms with Crippen LogP contribution >= 0.6 is 11.8 Å². The number of rotatable bonds is 6. The Morgan fingerprint density at radius 3 is 2.68 bits per heavy atom. The Hall–Kier alpha value is -2.65. The van der Waals surface area contributed by atoms with Crippen LogP contribution in [0.1, 0.15) is 27.4 Å². The number of aromatic nitrogens is 2. The highest BCUT2D eigenvalue weighted by Crippen LogP contribution is 2.27. The third kappa shape index (κ3) is 4.60. The van der Waals surface area contributed by atoms with Crippen molar-refractivity contribution in [2.45, 2.75) is 29.5 Å². The van der Waals surface area contributed by atoms with Gasteiger partial charge in [0.05, 0.1) is 16.2 Å². The average molecular weight is 418 g/mol. The molecule has 0 unspecified atom stereocenters. The first-order chi connectivity index (χ1) is 13.3. The Bertz CT molecular complexity index is 1100. The molecule has 0 aliphatic rings. The first-order valence-electron chi connectivity index (χ1n) is 8.37. The van der Waals surface area contributed by atoms with Crippen molar-refractivity contribution >= 4 is 33.2 Å². The van der Waals surface area contributed by atoms with Crippen LogP contribution in [-0.4, -0.2) is 30.7 Å². The van der Waals surface area contributed by atoms with Gasteiger partial charge < -0.3 is 9.84 Å². The minimum atomic E-state index is -3.36. The second-order valence-corrected chi connectivity index (χ2v) is 9.18. The lowest BCUT2D eigenvalue weighted by atomic mass is 10.2. The van der Waals surface area contributed by atoms with Crippen LogP contribution < -0.4 is 5.32 Å². The third-order valence-corrected chi connectivity index (χ3v) is 6.21. The lowest BCUT2D eigenvalue weighted by Crippen LogP contribution is -2.14. The molecular formula is C19H19N3O4S2. The van der Waals surface area contributed by atoms with Gasteiger partial charge in [-0.1, -0.05) is 11.2 Å². The maximum absolute atomic E-state index is 12.7. The lowest BCUT2D eigenvalue weighted by Gasteiger charge is -2.10. The predicted octanol–water partition coefficient (Wildman–Crippen LogP) is 3.63. The number of nitrogens with one attached hydrogen (secondary N) is 1. The Morgan fingerprint density at radius 2 is 2.00 bits per heavy atom. The number of sulfone groups is 1. The highest BCUT2D eigenvalue weighted by molar-refractivity contribution is 7.98. The van der Waals surface area contributed by atoms with Crippen molar-refractivity contribution in [2.75, 3.05) is 11.6 Å². The summed E-state index contributed by atoms with van der Waals surface area (Å²) in [5, 5.41) is 7.24. The maximum Gasteiger partial charge on any atom is 0.258 e. The zero-order valence-electron chi connectivity index (χ0n) is 15.6. The number of hydrogen-bond acceptors (Lipinski definition) is 7. The molecule has 0 radical (unpaired) electrons. The largest absolute Gasteiger partial charge is 0.361 e. The number of hydrogen-bond donors (Lipinski definition) is 1. The van der Waals surface area contributed by atoms with Crippen LogP contribution in [-0.2, 0) is 15.6 Å². The van der Waals surface area contributed by atoms with Crippen molar-refractivity contribution in [3.05, 3.63) is 65.2 Å². The summed E-state index contributed by atoms with van der Waals surface area (Å²) in [6.45, 7) is 3.71. The van der Waals surface area contributed by atoms with Gasteiger partial charge in [-0.2, -0.15) is 0 Å². The van der Waals surface area contributed by atoms with E-state index in [0.717, 1.165) is 23.3 Å². The number of carbonyl (C=O) groups excluding carboxylic acids is 1. The molecule has 0 aliphatic carbocycles. The summed E-state index contributed by atoms with van der Waals surface area (Å²) in [6.07, 6.45) is 2.75. The number of amides is 1. The SMILES string of the molecule is Cc1noc(C)c1CSc1ncccc1C(=O)Nc1cccc(S(C)(=O)=O)c1. The van der Waals surface area contributed by atoms with Crippen molar-refractivity contribution in [1.82, 2.24) is 10.1 Å². The van der Waals surface area contributed by atoms with E-state index in [1.165, 1.54) is 23.9 Å².